The molecule has 2 amide bonds. The average Bonchev–Trinajstić information content (AvgIpc) is 2.42. The molecule has 0 aliphatic heterocycles. The summed E-state index contributed by atoms with van der Waals surface area (Å²) in [5, 5.41) is 2.90. The lowest BCUT2D eigenvalue weighted by molar-refractivity contribution is 0.242. The maximum Gasteiger partial charge on any atom is 0.321 e. The summed E-state index contributed by atoms with van der Waals surface area (Å²) in [5.41, 5.74) is 0.794. The van der Waals surface area contributed by atoms with E-state index in [4.69, 9.17) is 9.47 Å². The molecule has 20 heavy (non-hydrogen) atoms. The Morgan fingerprint density at radius 3 is 2.30 bits per heavy atom. The summed E-state index contributed by atoms with van der Waals surface area (Å²) in [6.07, 6.45) is 0. The first-order valence-corrected chi connectivity index (χ1v) is 6.52. The van der Waals surface area contributed by atoms with E-state index in [1.807, 2.05) is 6.07 Å². The van der Waals surface area contributed by atoms with Crippen LogP contribution in [0, 0.1) is 5.41 Å². The zero-order chi connectivity index (χ0) is 15.3. The predicted molar refractivity (Wildman–Crippen MR) is 80.8 cm³/mol. The molecule has 0 heterocycles. The van der Waals surface area contributed by atoms with Crippen molar-refractivity contribution >= 4 is 11.7 Å². The fraction of sp³-hybridized carbons (Fsp3) is 0.533. The highest BCUT2D eigenvalue weighted by Gasteiger charge is 2.16. The summed E-state index contributed by atoms with van der Waals surface area (Å²) in [6.45, 7) is 6.83. The minimum absolute atomic E-state index is 0.0497. The molecule has 0 fully saturated rings. The molecule has 1 aromatic carbocycles. The Kier molecular flexibility index (Phi) is 5.25. The van der Waals surface area contributed by atoms with Crippen LogP contribution < -0.4 is 19.7 Å². The van der Waals surface area contributed by atoms with Crippen LogP contribution in [-0.4, -0.2) is 33.8 Å². The van der Waals surface area contributed by atoms with Crippen LogP contribution in [-0.2, 0) is 0 Å². The number of amides is 2. The molecular formula is C15H24N2O3. The Labute approximate surface area is 120 Å². The second-order valence-corrected chi connectivity index (χ2v) is 5.82. The van der Waals surface area contributed by atoms with E-state index in [9.17, 15) is 4.79 Å². The molecule has 0 bridgehead atoms. The maximum absolute atomic E-state index is 12.1. The van der Waals surface area contributed by atoms with Crippen LogP contribution >= 0.6 is 0 Å². The topological polar surface area (TPSA) is 50.8 Å². The third-order valence-corrected chi connectivity index (χ3v) is 2.83. The molecule has 0 aliphatic rings. The molecule has 0 aromatic heterocycles. The summed E-state index contributed by atoms with van der Waals surface area (Å²) in [5.74, 6) is 1.24. The van der Waals surface area contributed by atoms with Crippen molar-refractivity contribution in [3.05, 3.63) is 18.2 Å². The monoisotopic (exact) mass is 280 g/mol. The lowest BCUT2D eigenvalue weighted by Gasteiger charge is -2.23. The number of anilines is 1. The Bertz CT molecular complexity index is 467. The highest BCUT2D eigenvalue weighted by molar-refractivity contribution is 5.91. The van der Waals surface area contributed by atoms with Gasteiger partial charge in [-0.15, -0.1) is 0 Å². The Hall–Kier alpha value is -1.91. The van der Waals surface area contributed by atoms with Gasteiger partial charge < -0.3 is 14.8 Å². The zero-order valence-corrected chi connectivity index (χ0v) is 13.1. The third-order valence-electron chi connectivity index (χ3n) is 2.83. The van der Waals surface area contributed by atoms with E-state index in [0.29, 0.717) is 18.0 Å². The number of nitrogens with zero attached hydrogens (tertiary/aromatic N) is 1. The van der Waals surface area contributed by atoms with Gasteiger partial charge in [0.2, 0.25) is 0 Å². The van der Waals surface area contributed by atoms with Crippen molar-refractivity contribution in [1.29, 1.82) is 0 Å². The van der Waals surface area contributed by atoms with E-state index >= 15 is 0 Å². The van der Waals surface area contributed by atoms with E-state index in [-0.39, 0.29) is 11.4 Å². The van der Waals surface area contributed by atoms with Crippen molar-refractivity contribution in [1.82, 2.24) is 5.32 Å². The number of nitrogens with one attached hydrogen (secondary N) is 1. The summed E-state index contributed by atoms with van der Waals surface area (Å²) in [7, 11) is 4.87. The fourth-order valence-corrected chi connectivity index (χ4v) is 1.61. The third kappa shape index (κ3) is 4.33. The molecule has 0 aliphatic carbocycles. The van der Waals surface area contributed by atoms with E-state index in [2.05, 4.69) is 26.1 Å². The van der Waals surface area contributed by atoms with E-state index in [1.54, 1.807) is 38.3 Å². The quantitative estimate of drug-likeness (QED) is 0.922. The lowest BCUT2D eigenvalue weighted by atomic mass is 9.97. The van der Waals surface area contributed by atoms with Crippen LogP contribution in [0.5, 0.6) is 11.5 Å². The number of carbonyl (C=O) groups is 1. The van der Waals surface area contributed by atoms with Crippen molar-refractivity contribution in [3.63, 3.8) is 0 Å². The Morgan fingerprint density at radius 2 is 1.80 bits per heavy atom. The molecule has 0 unspecified atom stereocenters. The van der Waals surface area contributed by atoms with Gasteiger partial charge in [-0.05, 0) is 17.5 Å². The number of hydrogen-bond donors (Lipinski definition) is 1. The summed E-state index contributed by atoms with van der Waals surface area (Å²) in [4.78, 5) is 13.6. The molecule has 0 spiro atoms. The van der Waals surface area contributed by atoms with E-state index in [1.165, 1.54) is 0 Å². The smallest absolute Gasteiger partial charge is 0.321 e. The summed E-state index contributed by atoms with van der Waals surface area (Å²) < 4.78 is 10.4. The Balaban J connectivity index is 2.81. The highest BCUT2D eigenvalue weighted by Crippen LogP contribution is 2.31. The molecule has 0 saturated carbocycles. The van der Waals surface area contributed by atoms with Gasteiger partial charge in [-0.25, -0.2) is 4.79 Å². The second-order valence-electron chi connectivity index (χ2n) is 5.82. The first kappa shape index (κ1) is 16.1. The number of ether oxygens (including phenoxy) is 2. The van der Waals surface area contributed by atoms with Gasteiger partial charge in [0.15, 0.2) is 11.5 Å². The van der Waals surface area contributed by atoms with Gasteiger partial charge in [0.05, 0.1) is 14.2 Å². The van der Waals surface area contributed by atoms with Gasteiger partial charge in [-0.3, -0.25) is 4.90 Å². The van der Waals surface area contributed by atoms with Gasteiger partial charge in [0.1, 0.15) is 0 Å². The minimum Gasteiger partial charge on any atom is -0.493 e. The maximum atomic E-state index is 12.1. The SMILES string of the molecule is COc1ccc(N(C)C(=O)NCC(C)(C)C)cc1OC. The van der Waals surface area contributed by atoms with Gasteiger partial charge in [0, 0.05) is 25.3 Å². The summed E-state index contributed by atoms with van der Waals surface area (Å²) >= 11 is 0. The van der Waals surface area contributed by atoms with Crippen molar-refractivity contribution in [2.75, 3.05) is 32.7 Å². The van der Waals surface area contributed by atoms with E-state index in [0.717, 1.165) is 5.69 Å². The van der Waals surface area contributed by atoms with Crippen LogP contribution in [0.3, 0.4) is 0 Å². The second kappa shape index (κ2) is 6.50. The molecule has 1 aromatic rings. The number of urea groups is 1. The van der Waals surface area contributed by atoms with Crippen LogP contribution in [0.25, 0.3) is 0 Å². The standard InChI is InChI=1S/C15H24N2O3/c1-15(2,3)10-16-14(18)17(4)11-7-8-12(19-5)13(9-11)20-6/h7-9H,10H2,1-6H3,(H,16,18). The van der Waals surface area contributed by atoms with Gasteiger partial charge >= 0.3 is 6.03 Å². The molecular weight excluding hydrogens is 256 g/mol. The first-order chi connectivity index (χ1) is 9.28. The van der Waals surface area contributed by atoms with Crippen LogP contribution in [0.1, 0.15) is 20.8 Å². The molecule has 5 heteroatoms. The summed E-state index contributed by atoms with van der Waals surface area (Å²) in [6, 6.07) is 5.22. The first-order valence-electron chi connectivity index (χ1n) is 6.52. The minimum atomic E-state index is -0.146. The fourth-order valence-electron chi connectivity index (χ4n) is 1.61. The van der Waals surface area contributed by atoms with Crippen molar-refractivity contribution < 1.29 is 14.3 Å². The molecule has 1 N–H and O–H groups in total. The average molecular weight is 280 g/mol. The van der Waals surface area contributed by atoms with Crippen LogP contribution in [0.15, 0.2) is 18.2 Å². The van der Waals surface area contributed by atoms with Gasteiger partial charge in [-0.2, -0.15) is 0 Å². The number of methoxy groups -OCH3 is 2. The molecule has 0 atom stereocenters. The lowest BCUT2D eigenvalue weighted by Crippen LogP contribution is -2.41. The van der Waals surface area contributed by atoms with Gasteiger partial charge in [-0.1, -0.05) is 20.8 Å². The number of rotatable bonds is 4. The Morgan fingerprint density at radius 1 is 1.20 bits per heavy atom. The molecule has 1 rings (SSSR count). The van der Waals surface area contributed by atoms with Gasteiger partial charge in [0.25, 0.3) is 0 Å². The molecule has 112 valence electrons. The molecule has 5 nitrogen and oxygen atoms in total. The van der Waals surface area contributed by atoms with Crippen molar-refractivity contribution in [2.24, 2.45) is 5.41 Å². The van der Waals surface area contributed by atoms with Crippen LogP contribution in [0.2, 0.25) is 0 Å². The number of carbonyl (C=O) groups excluding carboxylic acids is 1. The normalized spacial score (nSPS) is 10.9. The van der Waals surface area contributed by atoms with E-state index < -0.39 is 0 Å². The van der Waals surface area contributed by atoms with Crippen molar-refractivity contribution in [3.8, 4) is 11.5 Å². The number of hydrogen-bond acceptors (Lipinski definition) is 3. The largest absolute Gasteiger partial charge is 0.493 e. The molecule has 0 saturated heterocycles. The highest BCUT2D eigenvalue weighted by atomic mass is 16.5. The predicted octanol–water partition coefficient (Wildman–Crippen LogP) is 2.90. The van der Waals surface area contributed by atoms with Crippen LogP contribution in [0.4, 0.5) is 10.5 Å². The number of benzene rings is 1. The molecule has 0 radical (unpaired) electrons. The zero-order valence-electron chi connectivity index (χ0n) is 13.1. The van der Waals surface area contributed by atoms with Crippen molar-refractivity contribution in [2.45, 2.75) is 20.8 Å².